The first-order chi connectivity index (χ1) is 11.8. The summed E-state index contributed by atoms with van der Waals surface area (Å²) in [6.45, 7) is 5.45. The Morgan fingerprint density at radius 1 is 1.28 bits per heavy atom. The molecule has 6 nitrogen and oxygen atoms in total. The lowest BCUT2D eigenvalue weighted by molar-refractivity contribution is 0.267. The number of nitrogens with zero attached hydrogens (tertiary/aromatic N) is 4. The van der Waals surface area contributed by atoms with E-state index in [4.69, 9.17) is 0 Å². The largest absolute Gasteiger partial charge is 0.261 e. The number of hydrogen-bond acceptors (Lipinski definition) is 4. The number of hydrogen-bond donors (Lipinski definition) is 0. The Morgan fingerprint density at radius 3 is 2.80 bits per heavy atom. The molecular formula is C18H26N4O2S. The Hall–Kier alpha value is -1.73. The van der Waals surface area contributed by atoms with E-state index in [1.807, 2.05) is 23.0 Å². The molecule has 1 aliphatic rings. The van der Waals surface area contributed by atoms with E-state index in [2.05, 4.69) is 30.0 Å². The summed E-state index contributed by atoms with van der Waals surface area (Å²) in [5, 5.41) is 4.38. The molecular weight excluding hydrogens is 336 g/mol. The Kier molecular flexibility index (Phi) is 5.24. The van der Waals surface area contributed by atoms with E-state index in [0.717, 1.165) is 30.7 Å². The van der Waals surface area contributed by atoms with Gasteiger partial charge in [-0.3, -0.25) is 9.67 Å². The molecule has 0 saturated carbocycles. The van der Waals surface area contributed by atoms with Crippen LogP contribution in [-0.2, 0) is 16.4 Å². The van der Waals surface area contributed by atoms with Gasteiger partial charge in [0.05, 0.1) is 17.6 Å². The summed E-state index contributed by atoms with van der Waals surface area (Å²) < 4.78 is 27.2. The predicted molar refractivity (Wildman–Crippen MR) is 98.7 cm³/mol. The Balaban J connectivity index is 1.77. The third-order valence-electron chi connectivity index (χ3n) is 4.72. The minimum Gasteiger partial charge on any atom is -0.261 e. The average molecular weight is 362 g/mol. The molecule has 3 rings (SSSR count). The fourth-order valence-corrected chi connectivity index (χ4v) is 4.44. The molecule has 0 bridgehead atoms. The van der Waals surface area contributed by atoms with Crippen molar-refractivity contribution in [1.82, 2.24) is 19.1 Å². The molecule has 136 valence electrons. The molecule has 0 aromatic carbocycles. The van der Waals surface area contributed by atoms with Crippen molar-refractivity contribution in [2.45, 2.75) is 39.2 Å². The summed E-state index contributed by atoms with van der Waals surface area (Å²) in [7, 11) is -3.10. The molecule has 1 atom stereocenters. The fraction of sp³-hybridized carbons (Fsp3) is 0.556. The van der Waals surface area contributed by atoms with Gasteiger partial charge >= 0.3 is 0 Å². The van der Waals surface area contributed by atoms with Crippen molar-refractivity contribution in [3.05, 3.63) is 36.2 Å². The summed E-state index contributed by atoms with van der Waals surface area (Å²) >= 11 is 0. The van der Waals surface area contributed by atoms with Crippen LogP contribution in [0.2, 0.25) is 0 Å². The fourth-order valence-electron chi connectivity index (χ4n) is 3.50. The highest BCUT2D eigenvalue weighted by molar-refractivity contribution is 7.88. The van der Waals surface area contributed by atoms with Gasteiger partial charge in [-0.1, -0.05) is 0 Å². The minimum atomic E-state index is -3.10. The van der Waals surface area contributed by atoms with E-state index in [-0.39, 0.29) is 6.04 Å². The second-order valence-electron chi connectivity index (χ2n) is 7.14. The van der Waals surface area contributed by atoms with E-state index in [9.17, 15) is 8.42 Å². The Labute approximate surface area is 149 Å². The van der Waals surface area contributed by atoms with Crippen molar-refractivity contribution in [1.29, 1.82) is 0 Å². The molecule has 25 heavy (non-hydrogen) atoms. The smallest absolute Gasteiger partial charge is 0.211 e. The van der Waals surface area contributed by atoms with Crippen LogP contribution in [-0.4, -0.2) is 46.8 Å². The highest BCUT2D eigenvalue weighted by Gasteiger charge is 2.26. The van der Waals surface area contributed by atoms with E-state index < -0.39 is 10.0 Å². The van der Waals surface area contributed by atoms with Crippen molar-refractivity contribution in [3.8, 4) is 11.4 Å². The minimum absolute atomic E-state index is 0.275. The molecule has 1 aliphatic heterocycles. The summed E-state index contributed by atoms with van der Waals surface area (Å²) in [4.78, 5) is 4.51. The summed E-state index contributed by atoms with van der Waals surface area (Å²) in [6, 6.07) is 6.39. The molecule has 1 saturated heterocycles. The second kappa shape index (κ2) is 7.25. The van der Waals surface area contributed by atoms with Gasteiger partial charge in [-0.25, -0.2) is 12.7 Å². The first kappa shape index (κ1) is 18.1. The quantitative estimate of drug-likeness (QED) is 0.820. The number of piperidine rings is 1. The molecule has 0 amide bonds. The molecule has 1 fully saturated rings. The maximum Gasteiger partial charge on any atom is 0.211 e. The van der Waals surface area contributed by atoms with Crippen LogP contribution >= 0.6 is 0 Å². The molecule has 3 heterocycles. The summed E-state index contributed by atoms with van der Waals surface area (Å²) in [5.41, 5.74) is 3.12. The lowest BCUT2D eigenvalue weighted by Gasteiger charge is -2.31. The lowest BCUT2D eigenvalue weighted by atomic mass is 9.92. The highest BCUT2D eigenvalue weighted by Crippen LogP contribution is 2.25. The molecule has 2 aromatic rings. The van der Waals surface area contributed by atoms with Crippen LogP contribution < -0.4 is 0 Å². The molecule has 0 spiro atoms. The monoisotopic (exact) mass is 362 g/mol. The second-order valence-corrected chi connectivity index (χ2v) is 9.12. The summed E-state index contributed by atoms with van der Waals surface area (Å²) in [5.74, 6) is 0.355. The molecule has 0 aliphatic carbocycles. The SMILES string of the molecule is CC(C)n1nccc1-c1cc(C[C@@H]2CCCN(S(C)(=O)=O)C2)ccn1. The van der Waals surface area contributed by atoms with E-state index in [0.29, 0.717) is 19.0 Å². The molecule has 0 unspecified atom stereocenters. The maximum absolute atomic E-state index is 11.8. The normalized spacial score (nSPS) is 19.4. The van der Waals surface area contributed by atoms with Gasteiger partial charge in [0.25, 0.3) is 0 Å². The third-order valence-corrected chi connectivity index (χ3v) is 5.99. The van der Waals surface area contributed by atoms with Crippen LogP contribution in [0.25, 0.3) is 11.4 Å². The molecule has 0 radical (unpaired) electrons. The van der Waals surface area contributed by atoms with Crippen LogP contribution in [0.4, 0.5) is 0 Å². The molecule has 0 N–H and O–H groups in total. The van der Waals surface area contributed by atoms with Crippen molar-refractivity contribution in [2.24, 2.45) is 5.92 Å². The molecule has 2 aromatic heterocycles. The van der Waals surface area contributed by atoms with E-state index in [1.54, 1.807) is 10.5 Å². The van der Waals surface area contributed by atoms with Crippen molar-refractivity contribution >= 4 is 10.0 Å². The number of sulfonamides is 1. The third kappa shape index (κ3) is 4.27. The van der Waals surface area contributed by atoms with Crippen LogP contribution in [0.3, 0.4) is 0 Å². The van der Waals surface area contributed by atoms with Crippen molar-refractivity contribution in [2.75, 3.05) is 19.3 Å². The van der Waals surface area contributed by atoms with Crippen molar-refractivity contribution in [3.63, 3.8) is 0 Å². The average Bonchev–Trinajstić information content (AvgIpc) is 3.04. The highest BCUT2D eigenvalue weighted by atomic mass is 32.2. The Morgan fingerprint density at radius 2 is 2.08 bits per heavy atom. The maximum atomic E-state index is 11.8. The van der Waals surface area contributed by atoms with Gasteiger partial charge in [0.15, 0.2) is 0 Å². The predicted octanol–water partition coefficient (Wildman–Crippen LogP) is 2.74. The van der Waals surface area contributed by atoms with Gasteiger partial charge in [0, 0.05) is 31.5 Å². The van der Waals surface area contributed by atoms with Crippen LogP contribution in [0, 0.1) is 5.92 Å². The Bertz CT molecular complexity index is 829. The van der Waals surface area contributed by atoms with Crippen LogP contribution in [0.5, 0.6) is 0 Å². The van der Waals surface area contributed by atoms with Crippen LogP contribution in [0.1, 0.15) is 38.3 Å². The van der Waals surface area contributed by atoms with Gasteiger partial charge in [0.1, 0.15) is 0 Å². The van der Waals surface area contributed by atoms with Gasteiger partial charge in [-0.15, -0.1) is 0 Å². The van der Waals surface area contributed by atoms with Crippen molar-refractivity contribution < 1.29 is 8.42 Å². The zero-order valence-corrected chi connectivity index (χ0v) is 15.9. The zero-order chi connectivity index (χ0) is 18.0. The zero-order valence-electron chi connectivity index (χ0n) is 15.1. The first-order valence-electron chi connectivity index (χ1n) is 8.78. The topological polar surface area (TPSA) is 68.1 Å². The summed E-state index contributed by atoms with van der Waals surface area (Å²) in [6.07, 6.45) is 7.79. The standard InChI is InChI=1S/C18H26N4O2S/c1-14(2)22-18(7-9-20-22)17-12-15(6-8-19-17)11-16-5-4-10-21(13-16)25(3,23)24/h6-9,12,14,16H,4-5,10-11,13H2,1-3H3/t16-/m0/s1. The number of rotatable bonds is 5. The molecule has 7 heteroatoms. The van der Waals surface area contributed by atoms with Gasteiger partial charge in [0.2, 0.25) is 10.0 Å². The number of pyridine rings is 1. The van der Waals surface area contributed by atoms with Gasteiger partial charge < -0.3 is 0 Å². The number of aromatic nitrogens is 3. The van der Waals surface area contributed by atoms with Gasteiger partial charge in [-0.05, 0) is 62.8 Å². The van der Waals surface area contributed by atoms with Crippen LogP contribution in [0.15, 0.2) is 30.6 Å². The lowest BCUT2D eigenvalue weighted by Crippen LogP contribution is -2.39. The van der Waals surface area contributed by atoms with E-state index >= 15 is 0 Å². The first-order valence-corrected chi connectivity index (χ1v) is 10.6. The van der Waals surface area contributed by atoms with E-state index in [1.165, 1.54) is 11.8 Å². The van der Waals surface area contributed by atoms with Gasteiger partial charge in [-0.2, -0.15) is 5.10 Å².